The smallest absolute Gasteiger partial charge is 0.337 e. The molecule has 0 saturated heterocycles. The largest absolute Gasteiger partial charge is 0.465 e. The lowest BCUT2D eigenvalue weighted by molar-refractivity contribution is -0.145. The van der Waals surface area contributed by atoms with Crippen molar-refractivity contribution in [1.82, 2.24) is 5.32 Å². The van der Waals surface area contributed by atoms with Crippen molar-refractivity contribution in [1.29, 1.82) is 0 Å². The van der Waals surface area contributed by atoms with Gasteiger partial charge in [-0.05, 0) is 54.3 Å². The van der Waals surface area contributed by atoms with Crippen molar-refractivity contribution in [2.24, 2.45) is 0 Å². The van der Waals surface area contributed by atoms with Crippen molar-refractivity contribution < 1.29 is 33.4 Å². The first-order valence-corrected chi connectivity index (χ1v) is 20.6. The van der Waals surface area contributed by atoms with Crippen LogP contribution in [0.2, 0.25) is 0 Å². The monoisotopic (exact) mass is 769 g/mol. The number of benzene rings is 3. The Morgan fingerprint density at radius 1 is 0.589 bits per heavy atom. The number of carbonyl (C=O) groups excluding carboxylic acids is 5. The Labute approximate surface area is 333 Å². The number of hydrogen-bond donors (Lipinski definition) is 3. The second-order valence-electron chi connectivity index (χ2n) is 14.5. The van der Waals surface area contributed by atoms with Crippen LogP contribution in [0.1, 0.15) is 144 Å². The van der Waals surface area contributed by atoms with Crippen LogP contribution < -0.4 is 16.0 Å². The average molecular weight is 770 g/mol. The van der Waals surface area contributed by atoms with Gasteiger partial charge >= 0.3 is 11.9 Å². The van der Waals surface area contributed by atoms with Gasteiger partial charge in [0.15, 0.2) is 0 Å². The highest BCUT2D eigenvalue weighted by molar-refractivity contribution is 5.99. The molecular weight excluding hydrogens is 707 g/mol. The summed E-state index contributed by atoms with van der Waals surface area (Å²) in [4.78, 5) is 63.7. The van der Waals surface area contributed by atoms with Crippen molar-refractivity contribution in [2.75, 3.05) is 17.7 Å². The maximum atomic E-state index is 13.4. The number of ether oxygens (including phenoxy) is 2. The van der Waals surface area contributed by atoms with E-state index in [-0.39, 0.29) is 37.3 Å². The van der Waals surface area contributed by atoms with Crippen LogP contribution in [0.15, 0.2) is 78.9 Å². The highest BCUT2D eigenvalue weighted by Gasteiger charge is 2.23. The standard InChI is InChI=1S/C46H63N3O7/c1-3-4-5-6-7-8-9-10-11-12-13-14-15-16-20-26-42(50)47-39-29-27-36(28-30-39)33-43(51)49-41(31-32-44(52)56-35-37-22-18-17-19-23-37)45(53)48-40-25-21-24-38(34-40)46(54)55-2/h17-19,21-25,27-30,34,41H,3-16,20,26,31-33,35H2,1-2H3,(H,47,50)(H,48,53)(H,49,51)/t41-/m1/s1. The number of esters is 2. The van der Waals surface area contributed by atoms with E-state index in [9.17, 15) is 24.0 Å². The molecule has 304 valence electrons. The van der Waals surface area contributed by atoms with Crippen molar-refractivity contribution in [3.05, 3.63) is 95.6 Å². The lowest BCUT2D eigenvalue weighted by Crippen LogP contribution is -2.44. The van der Waals surface area contributed by atoms with E-state index >= 15 is 0 Å². The fourth-order valence-electron chi connectivity index (χ4n) is 6.43. The Hall–Kier alpha value is -4.99. The molecule has 3 N–H and O–H groups in total. The zero-order valence-electron chi connectivity index (χ0n) is 33.6. The molecule has 0 aliphatic carbocycles. The summed E-state index contributed by atoms with van der Waals surface area (Å²) in [6.07, 6.45) is 19.5. The molecule has 10 nitrogen and oxygen atoms in total. The topological polar surface area (TPSA) is 140 Å². The number of nitrogens with one attached hydrogen (secondary N) is 3. The number of methoxy groups -OCH3 is 1. The van der Waals surface area contributed by atoms with Gasteiger partial charge in [-0.15, -0.1) is 0 Å². The van der Waals surface area contributed by atoms with Crippen LogP contribution in [0.25, 0.3) is 0 Å². The molecule has 0 fully saturated rings. The zero-order chi connectivity index (χ0) is 40.2. The molecule has 0 aromatic heterocycles. The fourth-order valence-corrected chi connectivity index (χ4v) is 6.43. The SMILES string of the molecule is CCCCCCCCCCCCCCCCCC(=O)Nc1ccc(CC(=O)N[C@H](CCC(=O)OCc2ccccc2)C(=O)Nc2cccc(C(=O)OC)c2)cc1. The fraction of sp³-hybridized carbons (Fsp3) is 0.500. The van der Waals surface area contributed by atoms with E-state index in [1.165, 1.54) is 90.2 Å². The molecule has 0 heterocycles. The highest BCUT2D eigenvalue weighted by Crippen LogP contribution is 2.17. The Morgan fingerprint density at radius 2 is 1.20 bits per heavy atom. The third-order valence-electron chi connectivity index (χ3n) is 9.69. The van der Waals surface area contributed by atoms with E-state index in [4.69, 9.17) is 9.47 Å². The summed E-state index contributed by atoms with van der Waals surface area (Å²) in [6, 6.07) is 21.5. The summed E-state index contributed by atoms with van der Waals surface area (Å²) in [5.74, 6) is -2.07. The number of hydrogen-bond acceptors (Lipinski definition) is 7. The van der Waals surface area contributed by atoms with E-state index in [0.717, 1.165) is 24.8 Å². The minimum absolute atomic E-state index is 0.00772. The molecule has 56 heavy (non-hydrogen) atoms. The molecule has 1 atom stereocenters. The summed E-state index contributed by atoms with van der Waals surface area (Å²) in [7, 11) is 1.27. The molecule has 3 aromatic carbocycles. The average Bonchev–Trinajstić information content (AvgIpc) is 3.21. The highest BCUT2D eigenvalue weighted by atomic mass is 16.5. The minimum atomic E-state index is -1.06. The predicted molar refractivity (Wildman–Crippen MR) is 222 cm³/mol. The summed E-state index contributed by atoms with van der Waals surface area (Å²) < 4.78 is 10.1. The van der Waals surface area contributed by atoms with Crippen LogP contribution in [0, 0.1) is 0 Å². The van der Waals surface area contributed by atoms with E-state index in [0.29, 0.717) is 23.4 Å². The summed E-state index contributed by atoms with van der Waals surface area (Å²) in [6.45, 7) is 2.36. The first kappa shape index (κ1) is 45.4. The summed E-state index contributed by atoms with van der Waals surface area (Å²) in [5.41, 5.74) is 2.76. The van der Waals surface area contributed by atoms with Crippen LogP contribution in [-0.4, -0.2) is 42.8 Å². The molecule has 3 aromatic rings. The molecule has 3 rings (SSSR count). The van der Waals surface area contributed by atoms with Gasteiger partial charge in [-0.2, -0.15) is 0 Å². The molecule has 0 aliphatic heterocycles. The van der Waals surface area contributed by atoms with Gasteiger partial charge < -0.3 is 25.4 Å². The van der Waals surface area contributed by atoms with E-state index in [1.54, 1.807) is 42.5 Å². The molecule has 10 heteroatoms. The van der Waals surface area contributed by atoms with Crippen LogP contribution in [-0.2, 0) is 41.7 Å². The van der Waals surface area contributed by atoms with Crippen molar-refractivity contribution >= 4 is 41.0 Å². The van der Waals surface area contributed by atoms with Gasteiger partial charge in [-0.25, -0.2) is 4.79 Å². The molecule has 0 unspecified atom stereocenters. The van der Waals surface area contributed by atoms with Gasteiger partial charge in [0.05, 0.1) is 19.1 Å². The lowest BCUT2D eigenvalue weighted by atomic mass is 10.0. The Balaban J connectivity index is 1.39. The van der Waals surface area contributed by atoms with Crippen LogP contribution in [0.5, 0.6) is 0 Å². The van der Waals surface area contributed by atoms with Crippen molar-refractivity contribution in [3.63, 3.8) is 0 Å². The van der Waals surface area contributed by atoms with Gasteiger partial charge in [0.1, 0.15) is 12.6 Å². The van der Waals surface area contributed by atoms with E-state index in [1.807, 2.05) is 30.3 Å². The maximum absolute atomic E-state index is 13.4. The Bertz CT molecular complexity index is 1610. The van der Waals surface area contributed by atoms with Crippen molar-refractivity contribution in [2.45, 2.75) is 142 Å². The van der Waals surface area contributed by atoms with Gasteiger partial charge in [0.25, 0.3) is 0 Å². The molecule has 0 radical (unpaired) electrons. The first-order chi connectivity index (χ1) is 27.3. The van der Waals surface area contributed by atoms with Gasteiger partial charge in [-0.1, -0.05) is 145 Å². The molecule has 0 bridgehead atoms. The molecule has 3 amide bonds. The van der Waals surface area contributed by atoms with Gasteiger partial charge in [0.2, 0.25) is 17.7 Å². The van der Waals surface area contributed by atoms with Crippen LogP contribution in [0.4, 0.5) is 11.4 Å². The molecule has 0 aliphatic rings. The Kier molecular flexibility index (Phi) is 22.3. The quantitative estimate of drug-likeness (QED) is 0.0493. The zero-order valence-corrected chi connectivity index (χ0v) is 33.6. The summed E-state index contributed by atoms with van der Waals surface area (Å²) >= 11 is 0. The minimum Gasteiger partial charge on any atom is -0.465 e. The maximum Gasteiger partial charge on any atom is 0.337 e. The molecule has 0 saturated carbocycles. The second-order valence-corrected chi connectivity index (χ2v) is 14.5. The van der Waals surface area contributed by atoms with Gasteiger partial charge in [-0.3, -0.25) is 19.2 Å². The van der Waals surface area contributed by atoms with Crippen LogP contribution in [0.3, 0.4) is 0 Å². The molecule has 0 spiro atoms. The Morgan fingerprint density at radius 3 is 1.80 bits per heavy atom. The number of rotatable bonds is 28. The van der Waals surface area contributed by atoms with E-state index < -0.39 is 29.8 Å². The summed E-state index contributed by atoms with van der Waals surface area (Å²) in [5, 5.41) is 8.42. The van der Waals surface area contributed by atoms with E-state index in [2.05, 4.69) is 22.9 Å². The number of unbranched alkanes of at least 4 members (excludes halogenated alkanes) is 14. The number of anilines is 2. The van der Waals surface area contributed by atoms with Crippen LogP contribution >= 0.6 is 0 Å². The third kappa shape index (κ3) is 19.6. The normalized spacial score (nSPS) is 11.3. The van der Waals surface area contributed by atoms with Crippen molar-refractivity contribution in [3.8, 4) is 0 Å². The molecular formula is C46H63N3O7. The second kappa shape index (κ2) is 27.6. The lowest BCUT2D eigenvalue weighted by Gasteiger charge is -2.19. The number of amides is 3. The third-order valence-corrected chi connectivity index (χ3v) is 9.69. The first-order valence-electron chi connectivity index (χ1n) is 20.6. The predicted octanol–water partition coefficient (Wildman–Crippen LogP) is 9.86. The van der Waals surface area contributed by atoms with Gasteiger partial charge in [0, 0.05) is 24.2 Å². The number of carbonyl (C=O) groups is 5.